The third kappa shape index (κ3) is 2.48. The van der Waals surface area contributed by atoms with Crippen molar-refractivity contribution in [2.75, 3.05) is 5.32 Å². The Morgan fingerprint density at radius 1 is 1.50 bits per heavy atom. The highest BCUT2D eigenvalue weighted by Gasteiger charge is 2.12. The fraction of sp³-hybridized carbons (Fsp3) is 0.250. The van der Waals surface area contributed by atoms with Crippen molar-refractivity contribution in [3.8, 4) is 5.75 Å². The van der Waals surface area contributed by atoms with Gasteiger partial charge in [-0.15, -0.1) is 0 Å². The summed E-state index contributed by atoms with van der Waals surface area (Å²) in [4.78, 5) is 15.7. The lowest BCUT2D eigenvalue weighted by molar-refractivity contribution is 0.102. The van der Waals surface area contributed by atoms with Crippen LogP contribution >= 0.6 is 0 Å². The second-order valence-electron chi connectivity index (χ2n) is 3.90. The molecule has 6 nitrogen and oxygen atoms in total. The third-order valence-corrected chi connectivity index (χ3v) is 2.47. The maximum absolute atomic E-state index is 11.9. The van der Waals surface area contributed by atoms with E-state index < -0.39 is 0 Å². The molecule has 0 aromatic carbocycles. The van der Waals surface area contributed by atoms with E-state index in [4.69, 9.17) is 0 Å². The first-order valence-electron chi connectivity index (χ1n) is 5.58. The van der Waals surface area contributed by atoms with E-state index in [0.29, 0.717) is 11.3 Å². The van der Waals surface area contributed by atoms with Gasteiger partial charge >= 0.3 is 0 Å². The Morgan fingerprint density at radius 3 is 2.94 bits per heavy atom. The van der Waals surface area contributed by atoms with Crippen molar-refractivity contribution in [3.05, 3.63) is 35.9 Å². The molecule has 0 bridgehead atoms. The summed E-state index contributed by atoms with van der Waals surface area (Å²) in [5, 5.41) is 16.3. The van der Waals surface area contributed by atoms with Crippen LogP contribution in [0.15, 0.2) is 24.7 Å². The molecule has 0 unspecified atom stereocenters. The second-order valence-corrected chi connectivity index (χ2v) is 3.90. The van der Waals surface area contributed by atoms with E-state index in [-0.39, 0.29) is 11.7 Å². The van der Waals surface area contributed by atoms with Crippen LogP contribution in [-0.2, 0) is 13.5 Å². The molecule has 0 atom stereocenters. The summed E-state index contributed by atoms with van der Waals surface area (Å²) >= 11 is 0. The zero-order valence-corrected chi connectivity index (χ0v) is 10.2. The maximum atomic E-state index is 11.9. The zero-order valence-electron chi connectivity index (χ0n) is 10.2. The Hall–Kier alpha value is -2.37. The number of aromatic nitrogens is 3. The highest BCUT2D eigenvalue weighted by Crippen LogP contribution is 2.16. The van der Waals surface area contributed by atoms with Gasteiger partial charge in [0.2, 0.25) is 0 Å². The van der Waals surface area contributed by atoms with Crippen LogP contribution in [0, 0.1) is 0 Å². The molecule has 0 saturated carbocycles. The number of pyridine rings is 1. The topological polar surface area (TPSA) is 80.0 Å². The largest absolute Gasteiger partial charge is 0.506 e. The standard InChI is InChI=1S/C12H14N4O2/c1-3-10-11(7-16(2)15-10)14-12(18)8-4-9(17)6-13-5-8/h4-7,17H,3H2,1-2H3,(H,14,18). The van der Waals surface area contributed by atoms with Gasteiger partial charge in [-0.25, -0.2) is 0 Å². The fourth-order valence-corrected chi connectivity index (χ4v) is 1.65. The Labute approximate surface area is 104 Å². The van der Waals surface area contributed by atoms with Crippen LogP contribution < -0.4 is 5.32 Å². The molecule has 18 heavy (non-hydrogen) atoms. The van der Waals surface area contributed by atoms with Gasteiger partial charge < -0.3 is 10.4 Å². The summed E-state index contributed by atoms with van der Waals surface area (Å²) in [5.41, 5.74) is 1.80. The Bertz CT molecular complexity index is 577. The maximum Gasteiger partial charge on any atom is 0.257 e. The molecule has 0 radical (unpaired) electrons. The molecule has 0 aliphatic rings. The van der Waals surface area contributed by atoms with Gasteiger partial charge in [0.1, 0.15) is 5.75 Å². The van der Waals surface area contributed by atoms with Crippen LogP contribution in [0.2, 0.25) is 0 Å². The SMILES string of the molecule is CCc1nn(C)cc1NC(=O)c1cncc(O)c1. The van der Waals surface area contributed by atoms with Crippen molar-refractivity contribution in [1.82, 2.24) is 14.8 Å². The van der Waals surface area contributed by atoms with Gasteiger partial charge in [0.05, 0.1) is 23.1 Å². The number of carbonyl (C=O) groups is 1. The number of anilines is 1. The van der Waals surface area contributed by atoms with E-state index in [1.807, 2.05) is 6.92 Å². The second kappa shape index (κ2) is 4.87. The molecule has 0 aliphatic heterocycles. The molecule has 2 aromatic heterocycles. The number of carbonyl (C=O) groups excluding carboxylic acids is 1. The first-order valence-corrected chi connectivity index (χ1v) is 5.58. The summed E-state index contributed by atoms with van der Waals surface area (Å²) in [5.74, 6) is -0.356. The molecule has 0 fully saturated rings. The van der Waals surface area contributed by atoms with Crippen LogP contribution in [-0.4, -0.2) is 25.8 Å². The lowest BCUT2D eigenvalue weighted by Gasteiger charge is -2.04. The number of aromatic hydroxyl groups is 1. The highest BCUT2D eigenvalue weighted by atomic mass is 16.3. The molecule has 2 aromatic rings. The number of hydrogen-bond acceptors (Lipinski definition) is 4. The van der Waals surface area contributed by atoms with Crippen LogP contribution in [0.25, 0.3) is 0 Å². The molecule has 94 valence electrons. The zero-order chi connectivity index (χ0) is 13.1. The number of hydrogen-bond donors (Lipinski definition) is 2. The van der Waals surface area contributed by atoms with E-state index in [0.717, 1.165) is 12.1 Å². The summed E-state index contributed by atoms with van der Waals surface area (Å²) in [6, 6.07) is 1.37. The van der Waals surface area contributed by atoms with Crippen molar-refractivity contribution in [2.45, 2.75) is 13.3 Å². The molecule has 0 aliphatic carbocycles. The summed E-state index contributed by atoms with van der Waals surface area (Å²) < 4.78 is 1.65. The molecule has 6 heteroatoms. The minimum absolute atomic E-state index is 0.0375. The Balaban J connectivity index is 2.21. The molecular formula is C12H14N4O2. The summed E-state index contributed by atoms with van der Waals surface area (Å²) in [6.45, 7) is 1.97. The summed E-state index contributed by atoms with van der Waals surface area (Å²) in [7, 11) is 1.80. The van der Waals surface area contributed by atoms with E-state index >= 15 is 0 Å². The monoisotopic (exact) mass is 246 g/mol. The molecule has 2 N–H and O–H groups in total. The van der Waals surface area contributed by atoms with Gasteiger partial charge in [-0.3, -0.25) is 14.5 Å². The van der Waals surface area contributed by atoms with Crippen LogP contribution in [0.1, 0.15) is 23.0 Å². The van der Waals surface area contributed by atoms with Crippen molar-refractivity contribution in [3.63, 3.8) is 0 Å². The molecule has 2 rings (SSSR count). The van der Waals surface area contributed by atoms with Gasteiger partial charge in [-0.2, -0.15) is 5.10 Å². The van der Waals surface area contributed by atoms with Gasteiger partial charge in [0.15, 0.2) is 0 Å². The summed E-state index contributed by atoms with van der Waals surface area (Å²) in [6.07, 6.45) is 5.15. The smallest absolute Gasteiger partial charge is 0.257 e. The molecule has 1 amide bonds. The number of nitrogens with one attached hydrogen (secondary N) is 1. The van der Waals surface area contributed by atoms with E-state index in [1.165, 1.54) is 18.5 Å². The Kier molecular flexibility index (Phi) is 3.27. The Morgan fingerprint density at radius 2 is 2.28 bits per heavy atom. The van der Waals surface area contributed by atoms with Gasteiger partial charge in [-0.05, 0) is 12.5 Å². The first kappa shape index (κ1) is 12.1. The fourth-order valence-electron chi connectivity index (χ4n) is 1.65. The van der Waals surface area contributed by atoms with Crippen molar-refractivity contribution in [1.29, 1.82) is 0 Å². The first-order chi connectivity index (χ1) is 8.60. The van der Waals surface area contributed by atoms with Crippen LogP contribution in [0.5, 0.6) is 5.75 Å². The number of rotatable bonds is 3. The van der Waals surface area contributed by atoms with E-state index in [2.05, 4.69) is 15.4 Å². The average molecular weight is 246 g/mol. The molecule has 0 saturated heterocycles. The van der Waals surface area contributed by atoms with Crippen molar-refractivity contribution < 1.29 is 9.90 Å². The van der Waals surface area contributed by atoms with Crippen LogP contribution in [0.3, 0.4) is 0 Å². The van der Waals surface area contributed by atoms with Gasteiger partial charge in [0, 0.05) is 19.4 Å². The van der Waals surface area contributed by atoms with Gasteiger partial charge in [-0.1, -0.05) is 6.92 Å². The molecule has 0 spiro atoms. The normalized spacial score (nSPS) is 10.3. The number of aryl methyl sites for hydroxylation is 2. The highest BCUT2D eigenvalue weighted by molar-refractivity contribution is 6.04. The minimum atomic E-state index is -0.318. The quantitative estimate of drug-likeness (QED) is 0.856. The lowest BCUT2D eigenvalue weighted by Crippen LogP contribution is -2.12. The van der Waals surface area contributed by atoms with E-state index in [9.17, 15) is 9.90 Å². The minimum Gasteiger partial charge on any atom is -0.506 e. The van der Waals surface area contributed by atoms with E-state index in [1.54, 1.807) is 17.9 Å². The van der Waals surface area contributed by atoms with Crippen molar-refractivity contribution in [2.24, 2.45) is 7.05 Å². The average Bonchev–Trinajstić information content (AvgIpc) is 2.69. The number of nitrogens with zero attached hydrogens (tertiary/aromatic N) is 3. The number of amides is 1. The molecular weight excluding hydrogens is 232 g/mol. The lowest BCUT2D eigenvalue weighted by atomic mass is 10.2. The van der Waals surface area contributed by atoms with Crippen LogP contribution in [0.4, 0.5) is 5.69 Å². The predicted octanol–water partition coefficient (Wildman–Crippen LogP) is 1.34. The van der Waals surface area contributed by atoms with Crippen molar-refractivity contribution >= 4 is 11.6 Å². The molecule has 2 heterocycles. The van der Waals surface area contributed by atoms with Gasteiger partial charge in [0.25, 0.3) is 5.91 Å². The third-order valence-electron chi connectivity index (χ3n) is 2.47. The predicted molar refractivity (Wildman–Crippen MR) is 66.4 cm³/mol.